The molecule has 2 fully saturated rings. The second-order valence-electron chi connectivity index (χ2n) is 30.6. The van der Waals surface area contributed by atoms with Crippen LogP contribution < -0.4 is 80.6 Å². The Morgan fingerprint density at radius 1 is 0.577 bits per heavy atom. The third-order valence-corrected chi connectivity index (χ3v) is 25.5. The smallest absolute Gasteiger partial charge is 0.369 e. The number of aryl methyl sites for hydroxylation is 1. The van der Waals surface area contributed by atoms with E-state index < -0.39 is 158 Å². The Bertz CT molecular complexity index is 4350. The van der Waals surface area contributed by atoms with Crippen molar-refractivity contribution in [2.45, 2.75) is 188 Å². The van der Waals surface area contributed by atoms with Gasteiger partial charge in [-0.2, -0.15) is 0 Å². The zero-order valence-corrected chi connectivity index (χ0v) is 75.2. The molecule has 48 heteroatoms. The van der Waals surface area contributed by atoms with E-state index in [1.165, 1.54) is 6.08 Å². The van der Waals surface area contributed by atoms with Crippen molar-refractivity contribution >= 4 is 139 Å². The fourth-order valence-electron chi connectivity index (χ4n) is 13.1. The molecule has 1 aliphatic heterocycles. The fourth-order valence-corrected chi connectivity index (χ4v) is 16.4. The number of nitrogens with two attached hydrogens (primary N) is 2. The standard InChI is InChI=1S/C82H123N17O28P2S/c1-55-14-3-4-16-60(55)97-80(116)93-58-24-21-56(22-25-58)50-70(105)95-62(18-6-9-35-86-65(100)26-23-57-15-12-34-85-52-57)76(112)96-63(19-11-20-73(108)109)77(113)98-81(31-7-2-8-32-81)79(115)92-41-45-127-49-48-126-43-39-89-67(102)28-27-66(101)88-38-42-124-46-47-125-44-40-90-68(103)29-30-69(104)94-61(74(84)110)17-5-10-36-91-75(111)59(83)54-130-64-51-72(107)99(78(64)114)53-71(106)87-37-13-33-82(117,128(118,119)120)129(121,122)123/h3-4,12,14-16,21-26,34,52,59,61-64,117H,2,5-11,13,17-20,27-33,35-51,53-54,83H2,1H3,(H2,84,110)(H,86,100)(H,87,106)(H,88,101)(H,89,102)(H,90,103)(H,91,111)(H,92,115)(H,94,104)(H,95,105)(H,96,112)(H,98,113)(H,108,109)(H2,93,97,116)(H2,118,119,120)(H2,121,122,123)/b26-23+/t59-,61-,62-,63-,64?/m0/s1. The number of para-hydroxylation sites is 1. The number of imide groups is 1. The predicted octanol–water partition coefficient (Wildman–Crippen LogP) is -0.946. The van der Waals surface area contributed by atoms with Crippen LogP contribution in [0.5, 0.6) is 0 Å². The summed E-state index contributed by atoms with van der Waals surface area (Å²) in [4.78, 5) is 248. The zero-order valence-electron chi connectivity index (χ0n) is 72.6. The van der Waals surface area contributed by atoms with E-state index in [0.29, 0.717) is 60.4 Å². The summed E-state index contributed by atoms with van der Waals surface area (Å²) in [5.74, 6) is -9.70. The van der Waals surface area contributed by atoms with E-state index in [2.05, 4.69) is 74.1 Å². The van der Waals surface area contributed by atoms with Gasteiger partial charge in [-0.3, -0.25) is 90.9 Å². The van der Waals surface area contributed by atoms with Gasteiger partial charge in [0, 0.05) is 126 Å². The van der Waals surface area contributed by atoms with Crippen LogP contribution in [0.3, 0.4) is 0 Å². The Morgan fingerprint density at radius 3 is 1.67 bits per heavy atom. The van der Waals surface area contributed by atoms with Gasteiger partial charge in [-0.15, -0.1) is 11.8 Å². The number of carbonyl (C=O) groups is 16. The van der Waals surface area contributed by atoms with Gasteiger partial charge in [0.2, 0.25) is 82.7 Å². The van der Waals surface area contributed by atoms with Gasteiger partial charge < -0.3 is 129 Å². The molecule has 2 heterocycles. The number of pyridine rings is 1. The largest absolute Gasteiger partial charge is 0.481 e. The lowest BCUT2D eigenvalue weighted by Gasteiger charge is -2.38. The van der Waals surface area contributed by atoms with Crippen LogP contribution in [0.15, 0.2) is 79.1 Å². The summed E-state index contributed by atoms with van der Waals surface area (Å²) in [5, 5.41) is 49.8. The molecule has 2 aromatic carbocycles. The molecule has 0 spiro atoms. The van der Waals surface area contributed by atoms with Crippen LogP contribution in [0, 0.1) is 6.92 Å². The summed E-state index contributed by atoms with van der Waals surface area (Å²) in [6.45, 7) is 2.52. The molecule has 0 bridgehead atoms. The maximum atomic E-state index is 14.4. The Morgan fingerprint density at radius 2 is 1.11 bits per heavy atom. The van der Waals surface area contributed by atoms with Gasteiger partial charge in [0.15, 0.2) is 0 Å². The highest BCUT2D eigenvalue weighted by atomic mass is 32.2. The summed E-state index contributed by atoms with van der Waals surface area (Å²) in [6.07, 6.45) is 7.03. The molecule has 1 aliphatic carbocycles. The number of aliphatic hydroxyl groups is 1. The molecule has 2 aliphatic rings. The molecule has 1 saturated heterocycles. The number of nitrogens with one attached hydrogen (secondary N) is 13. The minimum atomic E-state index is -5.71. The number of carboxylic acid groups (broad SMARTS) is 1. The van der Waals surface area contributed by atoms with Gasteiger partial charge in [0.05, 0.1) is 70.6 Å². The van der Waals surface area contributed by atoms with Crippen LogP contribution in [0.2, 0.25) is 0 Å². The van der Waals surface area contributed by atoms with Crippen molar-refractivity contribution in [2.75, 3.05) is 122 Å². The van der Waals surface area contributed by atoms with E-state index in [4.69, 9.17) is 30.4 Å². The average Bonchev–Trinajstić information content (AvgIpc) is 0.789. The number of carbonyl (C=O) groups excluding carboxylic acids is 15. The molecular weight excluding hydrogens is 1770 g/mol. The number of aromatic nitrogens is 1. The normalized spacial score (nSPS) is 14.7. The van der Waals surface area contributed by atoms with Crippen molar-refractivity contribution in [1.29, 1.82) is 0 Å². The van der Waals surface area contributed by atoms with Gasteiger partial charge in [0.1, 0.15) is 30.2 Å². The number of anilines is 2. The number of unbranched alkanes of at least 4 members (excludes halogenated alkanes) is 2. The Hall–Kier alpha value is -10.7. The van der Waals surface area contributed by atoms with Crippen molar-refractivity contribution in [3.63, 3.8) is 0 Å². The van der Waals surface area contributed by atoms with E-state index in [0.717, 1.165) is 29.3 Å². The topological polar surface area (TPSA) is 690 Å². The number of thioether (sulfide) groups is 1. The van der Waals surface area contributed by atoms with Gasteiger partial charge >= 0.3 is 27.2 Å². The van der Waals surface area contributed by atoms with E-state index in [1.807, 2.05) is 19.1 Å². The molecule has 16 amide bonds. The fraction of sp³-hybridized carbons (Fsp3) is 0.573. The molecule has 1 unspecified atom stereocenters. The van der Waals surface area contributed by atoms with Crippen molar-refractivity contribution in [3.8, 4) is 0 Å². The lowest BCUT2D eigenvalue weighted by molar-refractivity contribution is -0.142. The van der Waals surface area contributed by atoms with Crippen molar-refractivity contribution in [1.82, 2.24) is 68.4 Å². The molecular formula is C82H123N17O28P2S. The summed E-state index contributed by atoms with van der Waals surface area (Å²) in [6, 6.07) is 12.1. The quantitative estimate of drug-likeness (QED) is 0.0140. The number of benzene rings is 2. The molecule has 5 atom stereocenters. The number of nitrogens with zero attached hydrogens (tertiary/aromatic N) is 2. The predicted molar refractivity (Wildman–Crippen MR) is 472 cm³/mol. The van der Waals surface area contributed by atoms with E-state index >= 15 is 0 Å². The summed E-state index contributed by atoms with van der Waals surface area (Å²) < 4.78 is 45.2. The molecule has 130 heavy (non-hydrogen) atoms. The number of amides is 16. The molecule has 0 radical (unpaired) electrons. The van der Waals surface area contributed by atoms with E-state index in [-0.39, 0.29) is 199 Å². The molecule has 23 N–H and O–H groups in total. The monoisotopic (exact) mass is 1890 g/mol. The second kappa shape index (κ2) is 58.8. The first-order valence-electron chi connectivity index (χ1n) is 42.7. The Balaban J connectivity index is 0.884. The van der Waals surface area contributed by atoms with Crippen LogP contribution in [0.25, 0.3) is 6.08 Å². The first kappa shape index (κ1) is 110. The number of aliphatic carboxylic acids is 1. The Kier molecular flexibility index (Phi) is 49.7. The minimum absolute atomic E-state index is 0.0231. The SMILES string of the molecule is Cc1ccccc1NC(=O)Nc1ccc(CC(=O)N[C@@H](CCCCNC(=O)/C=C/c2cccnc2)C(=O)N[C@@H](CCCC(=O)O)C(=O)NC2(C(=O)NCCOCCOCCNC(=O)CCC(=O)NCCOCCOCCNC(=O)CCC(=O)N[C@@H](CCCCNC(=O)[C@@H](N)CSC3CC(=O)N(CC(=O)NCCCC(O)(P(=O)(O)O)P(=O)(O)O)C3=O)C(N)=O)CCCCC2)cc1. The maximum Gasteiger partial charge on any atom is 0.369 e. The number of hydrogen-bond donors (Lipinski definition) is 21. The lowest BCUT2D eigenvalue weighted by Crippen LogP contribution is -2.63. The number of likely N-dealkylation sites (tertiary alicyclic amines) is 1. The summed E-state index contributed by atoms with van der Waals surface area (Å²) in [5.41, 5.74) is 13.3. The number of carboxylic acids is 1. The first-order chi connectivity index (χ1) is 61.9. The second-order valence-corrected chi connectivity index (χ2v) is 35.8. The van der Waals surface area contributed by atoms with Crippen LogP contribution >= 0.6 is 27.0 Å². The molecule has 5 rings (SSSR count). The van der Waals surface area contributed by atoms with Crippen LogP contribution in [-0.2, 0) is 106 Å². The van der Waals surface area contributed by atoms with Crippen molar-refractivity contribution in [2.24, 2.45) is 11.5 Å². The third-order valence-electron chi connectivity index (χ3n) is 20.3. The molecule has 1 saturated carbocycles. The lowest BCUT2D eigenvalue weighted by atomic mass is 9.80. The average molecular weight is 1890 g/mol. The number of hydrogen-bond acceptors (Lipinski definition) is 26. The van der Waals surface area contributed by atoms with Crippen LogP contribution in [0.4, 0.5) is 16.2 Å². The third kappa shape index (κ3) is 42.4. The highest BCUT2D eigenvalue weighted by Crippen LogP contribution is 2.69. The van der Waals surface area contributed by atoms with Crippen LogP contribution in [-0.4, -0.2) is 285 Å². The number of urea groups is 1. The van der Waals surface area contributed by atoms with Gasteiger partial charge in [-0.25, -0.2) is 4.79 Å². The number of ether oxygens (including phenoxy) is 4. The van der Waals surface area contributed by atoms with E-state index in [9.17, 15) is 116 Å². The van der Waals surface area contributed by atoms with Gasteiger partial charge in [0.25, 0.3) is 5.08 Å². The minimum Gasteiger partial charge on any atom is -0.481 e. The first-order valence-corrected chi connectivity index (χ1v) is 47.0. The van der Waals surface area contributed by atoms with E-state index in [1.54, 1.807) is 67.0 Å². The molecule has 1 aromatic heterocycles. The highest BCUT2D eigenvalue weighted by Gasteiger charge is 2.59. The van der Waals surface area contributed by atoms with Gasteiger partial charge in [-0.05, 0) is 125 Å². The molecule has 45 nitrogen and oxygen atoms in total. The summed E-state index contributed by atoms with van der Waals surface area (Å²) in [7, 11) is -11.4. The van der Waals surface area contributed by atoms with Gasteiger partial charge in [-0.1, -0.05) is 55.7 Å². The van der Waals surface area contributed by atoms with Crippen molar-refractivity contribution in [3.05, 3.63) is 95.8 Å². The van der Waals surface area contributed by atoms with Crippen molar-refractivity contribution < 1.29 is 135 Å². The van der Waals surface area contributed by atoms with Crippen LogP contribution in [0.1, 0.15) is 152 Å². The zero-order chi connectivity index (χ0) is 95.5. The Labute approximate surface area is 755 Å². The summed E-state index contributed by atoms with van der Waals surface area (Å²) >= 11 is 0.900. The highest BCUT2D eigenvalue weighted by molar-refractivity contribution is 8.00. The molecule has 720 valence electrons. The maximum absolute atomic E-state index is 14.4. The molecule has 3 aromatic rings. The number of rotatable bonds is 64. The number of primary amides is 1.